The van der Waals surface area contributed by atoms with Gasteiger partial charge in [0.05, 0.1) is 0 Å². The first-order valence-corrected chi connectivity index (χ1v) is 7.66. The maximum Gasteiger partial charge on any atom is 0.280 e. The van der Waals surface area contributed by atoms with E-state index < -0.39 is 0 Å². The van der Waals surface area contributed by atoms with E-state index in [1.165, 1.54) is 5.56 Å². The standard InChI is InChI=1S/C19H16N2O2/c1-13-17(20-18(23-13)15-8-3-2-4-9-15)19(22)21-12-11-14-7-5-6-10-16(14)21/h2-10H,11-12H2,1H3. The summed E-state index contributed by atoms with van der Waals surface area (Å²) in [4.78, 5) is 19.1. The third kappa shape index (κ3) is 2.32. The molecule has 2 aromatic carbocycles. The Bertz CT molecular complexity index is 868. The van der Waals surface area contributed by atoms with Crippen molar-refractivity contribution in [1.29, 1.82) is 0 Å². The molecule has 4 heteroatoms. The highest BCUT2D eigenvalue weighted by atomic mass is 16.4. The summed E-state index contributed by atoms with van der Waals surface area (Å²) in [6.45, 7) is 2.47. The number of benzene rings is 2. The van der Waals surface area contributed by atoms with Gasteiger partial charge in [-0.05, 0) is 37.1 Å². The van der Waals surface area contributed by atoms with E-state index in [1.807, 2.05) is 48.5 Å². The second-order valence-electron chi connectivity index (χ2n) is 5.63. The molecule has 3 aromatic rings. The lowest BCUT2D eigenvalue weighted by molar-refractivity contribution is 0.0984. The highest BCUT2D eigenvalue weighted by molar-refractivity contribution is 6.06. The van der Waals surface area contributed by atoms with Crippen LogP contribution < -0.4 is 4.90 Å². The summed E-state index contributed by atoms with van der Waals surface area (Å²) < 4.78 is 5.71. The molecule has 0 unspecified atom stereocenters. The lowest BCUT2D eigenvalue weighted by Crippen LogP contribution is -2.29. The predicted molar refractivity (Wildman–Crippen MR) is 88.5 cm³/mol. The molecule has 0 aliphatic carbocycles. The molecule has 0 N–H and O–H groups in total. The van der Waals surface area contributed by atoms with Crippen LogP contribution in [0.25, 0.3) is 11.5 Å². The zero-order valence-electron chi connectivity index (χ0n) is 12.8. The smallest absolute Gasteiger partial charge is 0.280 e. The average molecular weight is 304 g/mol. The lowest BCUT2D eigenvalue weighted by atomic mass is 10.2. The molecule has 0 fully saturated rings. The summed E-state index contributed by atoms with van der Waals surface area (Å²) in [7, 11) is 0. The van der Waals surface area contributed by atoms with Gasteiger partial charge in [0, 0.05) is 17.8 Å². The number of hydrogen-bond donors (Lipinski definition) is 0. The van der Waals surface area contributed by atoms with Crippen molar-refractivity contribution in [2.75, 3.05) is 11.4 Å². The molecule has 1 aromatic heterocycles. The van der Waals surface area contributed by atoms with Gasteiger partial charge in [0.1, 0.15) is 5.76 Å². The van der Waals surface area contributed by atoms with Crippen LogP contribution in [0.5, 0.6) is 0 Å². The fourth-order valence-electron chi connectivity index (χ4n) is 2.98. The third-order valence-corrected chi connectivity index (χ3v) is 4.15. The molecule has 0 saturated carbocycles. The van der Waals surface area contributed by atoms with Crippen LogP contribution in [0, 0.1) is 6.92 Å². The summed E-state index contributed by atoms with van der Waals surface area (Å²) >= 11 is 0. The van der Waals surface area contributed by atoms with Crippen LogP contribution in [-0.4, -0.2) is 17.4 Å². The number of para-hydroxylation sites is 1. The quantitative estimate of drug-likeness (QED) is 0.722. The summed E-state index contributed by atoms with van der Waals surface area (Å²) in [5, 5.41) is 0. The summed E-state index contributed by atoms with van der Waals surface area (Å²) in [5.74, 6) is 0.940. The van der Waals surface area contributed by atoms with Crippen molar-refractivity contribution in [1.82, 2.24) is 4.98 Å². The Morgan fingerprint density at radius 3 is 2.65 bits per heavy atom. The van der Waals surface area contributed by atoms with Gasteiger partial charge in [0.25, 0.3) is 5.91 Å². The molecule has 23 heavy (non-hydrogen) atoms. The molecule has 1 amide bonds. The van der Waals surface area contributed by atoms with Gasteiger partial charge in [0.2, 0.25) is 5.89 Å². The first kappa shape index (κ1) is 13.8. The fourth-order valence-corrected chi connectivity index (χ4v) is 2.98. The molecule has 114 valence electrons. The monoisotopic (exact) mass is 304 g/mol. The van der Waals surface area contributed by atoms with Crippen LogP contribution in [0.3, 0.4) is 0 Å². The summed E-state index contributed by atoms with van der Waals surface area (Å²) in [5.41, 5.74) is 3.43. The van der Waals surface area contributed by atoms with Crippen molar-refractivity contribution in [3.63, 3.8) is 0 Å². The van der Waals surface area contributed by atoms with Gasteiger partial charge in [-0.15, -0.1) is 0 Å². The third-order valence-electron chi connectivity index (χ3n) is 4.15. The Morgan fingerprint density at radius 1 is 1.09 bits per heavy atom. The molecule has 0 spiro atoms. The number of oxazole rings is 1. The Morgan fingerprint density at radius 2 is 1.83 bits per heavy atom. The van der Waals surface area contributed by atoms with Gasteiger partial charge >= 0.3 is 0 Å². The van der Waals surface area contributed by atoms with Crippen molar-refractivity contribution in [2.24, 2.45) is 0 Å². The zero-order valence-corrected chi connectivity index (χ0v) is 12.8. The Balaban J connectivity index is 1.69. The molecular formula is C19H16N2O2. The molecule has 4 rings (SSSR count). The Kier molecular flexibility index (Phi) is 3.23. The minimum Gasteiger partial charge on any atom is -0.441 e. The Hall–Kier alpha value is -2.88. The van der Waals surface area contributed by atoms with Gasteiger partial charge in [-0.1, -0.05) is 36.4 Å². The van der Waals surface area contributed by atoms with Gasteiger partial charge < -0.3 is 9.32 Å². The number of anilines is 1. The minimum atomic E-state index is -0.0987. The van der Waals surface area contributed by atoms with Crippen molar-refractivity contribution in [3.8, 4) is 11.5 Å². The van der Waals surface area contributed by atoms with Crippen LogP contribution in [0.15, 0.2) is 59.0 Å². The van der Waals surface area contributed by atoms with Gasteiger partial charge in [-0.25, -0.2) is 4.98 Å². The van der Waals surface area contributed by atoms with Crippen LogP contribution in [0.4, 0.5) is 5.69 Å². The van der Waals surface area contributed by atoms with Crippen molar-refractivity contribution < 1.29 is 9.21 Å². The van der Waals surface area contributed by atoms with Crippen molar-refractivity contribution in [2.45, 2.75) is 13.3 Å². The second-order valence-corrected chi connectivity index (χ2v) is 5.63. The predicted octanol–water partition coefficient (Wildman–Crippen LogP) is 3.85. The normalized spacial score (nSPS) is 13.2. The van der Waals surface area contributed by atoms with Crippen molar-refractivity contribution in [3.05, 3.63) is 71.6 Å². The molecule has 0 radical (unpaired) electrons. The number of nitrogens with zero attached hydrogens (tertiary/aromatic N) is 2. The number of aromatic nitrogens is 1. The first-order chi connectivity index (χ1) is 11.2. The number of rotatable bonds is 2. The molecule has 0 bridgehead atoms. The second kappa shape index (κ2) is 5.39. The molecule has 0 atom stereocenters. The van der Waals surface area contributed by atoms with Crippen LogP contribution in [-0.2, 0) is 6.42 Å². The number of aryl methyl sites for hydroxylation is 1. The highest BCUT2D eigenvalue weighted by Gasteiger charge is 2.29. The highest BCUT2D eigenvalue weighted by Crippen LogP contribution is 2.30. The fraction of sp³-hybridized carbons (Fsp3) is 0.158. The number of carbonyl (C=O) groups is 1. The molecular weight excluding hydrogens is 288 g/mol. The molecule has 1 aliphatic heterocycles. The maximum absolute atomic E-state index is 12.9. The van der Waals surface area contributed by atoms with Gasteiger partial charge in [0.15, 0.2) is 5.69 Å². The van der Waals surface area contributed by atoms with Gasteiger partial charge in [-0.2, -0.15) is 0 Å². The molecule has 4 nitrogen and oxygen atoms in total. The SMILES string of the molecule is Cc1oc(-c2ccccc2)nc1C(=O)N1CCc2ccccc21. The van der Waals surface area contributed by atoms with E-state index in [0.717, 1.165) is 17.7 Å². The number of fused-ring (bicyclic) bond motifs is 1. The van der Waals surface area contributed by atoms with E-state index >= 15 is 0 Å². The van der Waals surface area contributed by atoms with Crippen LogP contribution >= 0.6 is 0 Å². The summed E-state index contributed by atoms with van der Waals surface area (Å²) in [6.07, 6.45) is 0.879. The van der Waals surface area contributed by atoms with Gasteiger partial charge in [-0.3, -0.25) is 4.79 Å². The van der Waals surface area contributed by atoms with E-state index in [1.54, 1.807) is 11.8 Å². The minimum absolute atomic E-state index is 0.0987. The average Bonchev–Trinajstić information content (AvgIpc) is 3.19. The number of hydrogen-bond acceptors (Lipinski definition) is 3. The summed E-state index contributed by atoms with van der Waals surface area (Å²) in [6, 6.07) is 17.6. The molecule has 0 saturated heterocycles. The topological polar surface area (TPSA) is 46.3 Å². The van der Waals surface area contributed by atoms with E-state index in [0.29, 0.717) is 23.9 Å². The number of carbonyl (C=O) groups excluding carboxylic acids is 1. The van der Waals surface area contributed by atoms with E-state index in [9.17, 15) is 4.79 Å². The van der Waals surface area contributed by atoms with Crippen LogP contribution in [0.1, 0.15) is 21.8 Å². The van der Waals surface area contributed by atoms with Crippen molar-refractivity contribution >= 4 is 11.6 Å². The maximum atomic E-state index is 12.9. The van der Waals surface area contributed by atoms with E-state index in [4.69, 9.17) is 4.42 Å². The molecule has 1 aliphatic rings. The molecule has 2 heterocycles. The van der Waals surface area contributed by atoms with E-state index in [2.05, 4.69) is 11.1 Å². The first-order valence-electron chi connectivity index (χ1n) is 7.66. The zero-order chi connectivity index (χ0) is 15.8. The van der Waals surface area contributed by atoms with E-state index in [-0.39, 0.29) is 5.91 Å². The lowest BCUT2D eigenvalue weighted by Gasteiger charge is -2.15. The Labute approximate surface area is 134 Å². The number of amides is 1. The largest absolute Gasteiger partial charge is 0.441 e. The van der Waals surface area contributed by atoms with Crippen LogP contribution in [0.2, 0.25) is 0 Å².